The highest BCUT2D eigenvalue weighted by Gasteiger charge is 2.42. The van der Waals surface area contributed by atoms with Gasteiger partial charge < -0.3 is 0 Å². The fraction of sp³-hybridized carbons (Fsp3) is 0.400. The molecular weight excluding hydrogens is 382 g/mol. The Hall–Kier alpha value is -1.70. The molecule has 0 aliphatic heterocycles. The van der Waals surface area contributed by atoms with Crippen LogP contribution in [0.5, 0.6) is 0 Å². The van der Waals surface area contributed by atoms with E-state index in [1.54, 1.807) is 24.3 Å². The molecule has 0 saturated heterocycles. The van der Waals surface area contributed by atoms with E-state index < -0.39 is 26.1 Å². The molecule has 0 aromatic heterocycles. The van der Waals surface area contributed by atoms with Crippen molar-refractivity contribution in [2.75, 3.05) is 0 Å². The average molecular weight is 408 g/mol. The van der Waals surface area contributed by atoms with Gasteiger partial charge in [0.2, 0.25) is 0 Å². The van der Waals surface area contributed by atoms with Gasteiger partial charge in [0.15, 0.2) is 0 Å². The molecule has 1 fully saturated rings. The first-order chi connectivity index (χ1) is 12.7. The largest absolute Gasteiger partial charge is 0.256 e. The topological polar surface area (TPSA) is 71.5 Å². The van der Waals surface area contributed by atoms with Crippen LogP contribution in [0.1, 0.15) is 43.2 Å². The van der Waals surface area contributed by atoms with Gasteiger partial charge in [-0.05, 0) is 51.0 Å². The fourth-order valence-corrected chi connectivity index (χ4v) is 7.57. The van der Waals surface area contributed by atoms with Crippen LogP contribution in [-0.2, 0) is 20.0 Å². The fourth-order valence-electron chi connectivity index (χ4n) is 3.44. The standard InChI is InChI=1S/C20H25NO4S2/c1-16-8-12-19(13-9-16)26(22,23)21(18-6-4-3-5-7-18)27(24,25)20-14-10-17(2)11-15-20/h8-15,18H,3-7H2,1-2H3. The number of nitrogens with zero attached hydrogens (tertiary/aromatic N) is 1. The highest BCUT2D eigenvalue weighted by atomic mass is 32.3. The Morgan fingerprint density at radius 3 is 1.41 bits per heavy atom. The predicted molar refractivity (Wildman–Crippen MR) is 105 cm³/mol. The molecule has 2 aromatic carbocycles. The second-order valence-corrected chi connectivity index (χ2v) is 11.0. The van der Waals surface area contributed by atoms with Gasteiger partial charge in [-0.2, -0.15) is 0 Å². The smallest absolute Gasteiger partial charge is 0.206 e. The van der Waals surface area contributed by atoms with E-state index in [0.29, 0.717) is 12.8 Å². The molecular formula is C20H25NO4S2. The molecule has 27 heavy (non-hydrogen) atoms. The third kappa shape index (κ3) is 4.10. The van der Waals surface area contributed by atoms with Crippen LogP contribution in [0.2, 0.25) is 0 Å². The van der Waals surface area contributed by atoms with Crippen LogP contribution in [0, 0.1) is 13.8 Å². The van der Waals surface area contributed by atoms with Crippen molar-refractivity contribution in [1.82, 2.24) is 3.71 Å². The Morgan fingerprint density at radius 1 is 0.667 bits per heavy atom. The molecule has 0 amide bonds. The molecule has 0 spiro atoms. The molecule has 146 valence electrons. The zero-order chi connectivity index (χ0) is 19.7. The average Bonchev–Trinajstić information content (AvgIpc) is 2.63. The van der Waals surface area contributed by atoms with Gasteiger partial charge in [-0.15, -0.1) is 0 Å². The summed E-state index contributed by atoms with van der Waals surface area (Å²) < 4.78 is 54.3. The molecule has 3 rings (SSSR count). The van der Waals surface area contributed by atoms with Crippen molar-refractivity contribution >= 4 is 20.0 Å². The Kier molecular flexibility index (Phi) is 5.74. The van der Waals surface area contributed by atoms with Crippen LogP contribution in [-0.4, -0.2) is 26.6 Å². The molecule has 1 saturated carbocycles. The van der Waals surface area contributed by atoms with Crippen molar-refractivity contribution in [2.24, 2.45) is 0 Å². The van der Waals surface area contributed by atoms with Crippen molar-refractivity contribution in [2.45, 2.75) is 61.8 Å². The minimum atomic E-state index is -4.19. The summed E-state index contributed by atoms with van der Waals surface area (Å²) in [5, 5.41) is 0. The van der Waals surface area contributed by atoms with E-state index in [2.05, 4.69) is 0 Å². The lowest BCUT2D eigenvalue weighted by atomic mass is 9.96. The number of hydrogen-bond donors (Lipinski definition) is 0. The van der Waals surface area contributed by atoms with Crippen molar-refractivity contribution in [3.63, 3.8) is 0 Å². The third-order valence-electron chi connectivity index (χ3n) is 4.98. The van der Waals surface area contributed by atoms with E-state index in [1.165, 1.54) is 24.3 Å². The van der Waals surface area contributed by atoms with Crippen LogP contribution in [0.3, 0.4) is 0 Å². The van der Waals surface area contributed by atoms with Gasteiger partial charge in [0, 0.05) is 6.04 Å². The lowest BCUT2D eigenvalue weighted by Gasteiger charge is -2.32. The van der Waals surface area contributed by atoms with Gasteiger partial charge in [-0.25, -0.2) is 16.8 Å². The number of sulfonamides is 2. The normalized spacial score (nSPS) is 16.6. The van der Waals surface area contributed by atoms with Crippen LogP contribution < -0.4 is 0 Å². The molecule has 0 heterocycles. The molecule has 5 nitrogen and oxygen atoms in total. The zero-order valence-corrected chi connectivity index (χ0v) is 17.3. The first-order valence-corrected chi connectivity index (χ1v) is 12.0. The molecule has 0 bridgehead atoms. The minimum Gasteiger partial charge on any atom is -0.206 e. The van der Waals surface area contributed by atoms with Gasteiger partial charge >= 0.3 is 0 Å². The van der Waals surface area contributed by atoms with Crippen LogP contribution in [0.4, 0.5) is 0 Å². The van der Waals surface area contributed by atoms with E-state index >= 15 is 0 Å². The quantitative estimate of drug-likeness (QED) is 0.751. The second kappa shape index (κ2) is 7.73. The zero-order valence-electron chi connectivity index (χ0n) is 15.6. The van der Waals surface area contributed by atoms with Crippen LogP contribution in [0.25, 0.3) is 0 Å². The maximum atomic E-state index is 13.4. The summed E-state index contributed by atoms with van der Waals surface area (Å²) in [6.07, 6.45) is 3.76. The molecule has 0 atom stereocenters. The maximum Gasteiger partial charge on any atom is 0.256 e. The molecule has 7 heteroatoms. The first-order valence-electron chi connectivity index (χ1n) is 9.16. The van der Waals surface area contributed by atoms with Crippen molar-refractivity contribution in [3.05, 3.63) is 59.7 Å². The Bertz CT molecular complexity index is 913. The Labute approximate surface area is 162 Å². The Balaban J connectivity index is 2.13. The van der Waals surface area contributed by atoms with E-state index in [9.17, 15) is 16.8 Å². The molecule has 1 aliphatic rings. The molecule has 0 unspecified atom stereocenters. The number of rotatable bonds is 5. The van der Waals surface area contributed by atoms with Gasteiger partial charge in [0.1, 0.15) is 0 Å². The maximum absolute atomic E-state index is 13.4. The highest BCUT2D eigenvalue weighted by Crippen LogP contribution is 2.33. The number of benzene rings is 2. The lowest BCUT2D eigenvalue weighted by molar-refractivity contribution is 0.328. The van der Waals surface area contributed by atoms with Crippen molar-refractivity contribution < 1.29 is 16.8 Å². The van der Waals surface area contributed by atoms with E-state index in [0.717, 1.165) is 34.1 Å². The first kappa shape index (κ1) is 20.0. The van der Waals surface area contributed by atoms with Crippen molar-refractivity contribution in [3.8, 4) is 0 Å². The summed E-state index contributed by atoms with van der Waals surface area (Å²) >= 11 is 0. The summed E-state index contributed by atoms with van der Waals surface area (Å²) in [6, 6.07) is 12.1. The Morgan fingerprint density at radius 2 is 1.04 bits per heavy atom. The van der Waals surface area contributed by atoms with Gasteiger partial charge in [-0.1, -0.05) is 58.4 Å². The predicted octanol–water partition coefficient (Wildman–Crippen LogP) is 4.02. The summed E-state index contributed by atoms with van der Waals surface area (Å²) in [7, 11) is -8.38. The van der Waals surface area contributed by atoms with E-state index in [4.69, 9.17) is 0 Å². The van der Waals surface area contributed by atoms with E-state index in [-0.39, 0.29) is 9.79 Å². The molecule has 0 N–H and O–H groups in total. The van der Waals surface area contributed by atoms with Gasteiger partial charge in [0.05, 0.1) is 9.79 Å². The minimum absolute atomic E-state index is 0.00867. The van der Waals surface area contributed by atoms with Gasteiger partial charge in [0.25, 0.3) is 20.0 Å². The summed E-state index contributed by atoms with van der Waals surface area (Å²) in [4.78, 5) is 0.0173. The summed E-state index contributed by atoms with van der Waals surface area (Å²) in [5.41, 5.74) is 1.83. The van der Waals surface area contributed by atoms with E-state index in [1.807, 2.05) is 13.8 Å². The number of hydrogen-bond acceptors (Lipinski definition) is 4. The third-order valence-corrected chi connectivity index (χ3v) is 9.44. The van der Waals surface area contributed by atoms with Crippen LogP contribution >= 0.6 is 0 Å². The number of aryl methyl sites for hydroxylation is 2. The van der Waals surface area contributed by atoms with Gasteiger partial charge in [-0.3, -0.25) is 0 Å². The second-order valence-electron chi connectivity index (χ2n) is 7.15. The summed E-state index contributed by atoms with van der Waals surface area (Å²) in [6.45, 7) is 3.72. The molecule has 2 aromatic rings. The monoisotopic (exact) mass is 407 g/mol. The molecule has 0 radical (unpaired) electrons. The summed E-state index contributed by atoms with van der Waals surface area (Å²) in [5.74, 6) is 0. The SMILES string of the molecule is Cc1ccc(S(=O)(=O)N(C2CCCCC2)S(=O)(=O)c2ccc(C)cc2)cc1. The molecule has 1 aliphatic carbocycles. The van der Waals surface area contributed by atoms with Crippen LogP contribution in [0.15, 0.2) is 58.3 Å². The van der Waals surface area contributed by atoms with Crippen molar-refractivity contribution in [1.29, 1.82) is 0 Å². The highest BCUT2D eigenvalue weighted by molar-refractivity contribution is 8.04. The lowest BCUT2D eigenvalue weighted by Crippen LogP contribution is -2.45.